The average molecular weight is 373 g/mol. The Hall–Kier alpha value is -1.91. The summed E-state index contributed by atoms with van der Waals surface area (Å²) < 4.78 is 6.07. The maximum atomic E-state index is 12.5. The molecule has 4 heteroatoms. The number of ketones is 1. The van der Waals surface area contributed by atoms with E-state index in [1.165, 1.54) is 23.3 Å². The zero-order valence-electron chi connectivity index (χ0n) is 16.8. The molecule has 4 nitrogen and oxygen atoms in total. The van der Waals surface area contributed by atoms with Gasteiger partial charge in [-0.1, -0.05) is 37.1 Å². The first kappa shape index (κ1) is 21.4. The van der Waals surface area contributed by atoms with Gasteiger partial charge in [-0.2, -0.15) is 0 Å². The van der Waals surface area contributed by atoms with Gasteiger partial charge in [0.05, 0.1) is 12.2 Å². The molecule has 3 atom stereocenters. The molecule has 0 saturated carbocycles. The molecule has 0 aromatic heterocycles. The van der Waals surface area contributed by atoms with E-state index in [1.807, 2.05) is 6.08 Å². The number of phenolic OH excluding ortho intramolecular Hbond substituents is 1. The highest BCUT2D eigenvalue weighted by Gasteiger charge is 2.32. The molecule has 0 aliphatic heterocycles. The van der Waals surface area contributed by atoms with E-state index in [0.717, 1.165) is 12.8 Å². The Morgan fingerprint density at radius 3 is 2.48 bits per heavy atom. The van der Waals surface area contributed by atoms with E-state index in [2.05, 4.69) is 33.8 Å². The molecule has 2 rings (SSSR count). The lowest BCUT2D eigenvalue weighted by Crippen LogP contribution is -2.38. The van der Waals surface area contributed by atoms with Gasteiger partial charge in [-0.25, -0.2) is 0 Å². The Morgan fingerprint density at radius 2 is 1.85 bits per heavy atom. The van der Waals surface area contributed by atoms with Gasteiger partial charge >= 0.3 is 0 Å². The Kier molecular flexibility index (Phi) is 7.81. The van der Waals surface area contributed by atoms with Crippen LogP contribution in [0.3, 0.4) is 0 Å². The van der Waals surface area contributed by atoms with Crippen molar-refractivity contribution in [3.63, 3.8) is 0 Å². The van der Waals surface area contributed by atoms with E-state index in [4.69, 9.17) is 4.74 Å². The van der Waals surface area contributed by atoms with Crippen LogP contribution in [-0.2, 0) is 4.74 Å². The second kappa shape index (κ2) is 9.86. The van der Waals surface area contributed by atoms with Crippen molar-refractivity contribution < 1.29 is 19.7 Å². The summed E-state index contributed by atoms with van der Waals surface area (Å²) in [7, 11) is 0. The molecule has 27 heavy (non-hydrogen) atoms. The molecule has 0 fully saturated rings. The number of aliphatic hydroxyl groups is 1. The van der Waals surface area contributed by atoms with Crippen LogP contribution in [0.2, 0.25) is 0 Å². The van der Waals surface area contributed by atoms with Crippen LogP contribution in [0.15, 0.2) is 47.6 Å². The van der Waals surface area contributed by atoms with E-state index >= 15 is 0 Å². The topological polar surface area (TPSA) is 66.8 Å². The quantitative estimate of drug-likeness (QED) is 0.582. The third-order valence-electron chi connectivity index (χ3n) is 5.22. The van der Waals surface area contributed by atoms with Gasteiger partial charge in [-0.15, -0.1) is 0 Å². The van der Waals surface area contributed by atoms with E-state index < -0.39 is 6.10 Å². The van der Waals surface area contributed by atoms with Gasteiger partial charge in [-0.05, 0) is 63.3 Å². The molecule has 0 radical (unpaired) electrons. The molecule has 0 saturated heterocycles. The summed E-state index contributed by atoms with van der Waals surface area (Å²) in [6, 6.07) is 6.19. The van der Waals surface area contributed by atoms with Gasteiger partial charge in [0.1, 0.15) is 12.4 Å². The Morgan fingerprint density at radius 1 is 1.19 bits per heavy atom. The first-order chi connectivity index (χ1) is 12.8. The lowest BCUT2D eigenvalue weighted by Gasteiger charge is -2.34. The summed E-state index contributed by atoms with van der Waals surface area (Å²) in [5.41, 5.74) is 2.92. The van der Waals surface area contributed by atoms with Crippen LogP contribution in [0.1, 0.15) is 57.3 Å². The van der Waals surface area contributed by atoms with Crippen LogP contribution in [0.4, 0.5) is 0 Å². The Bertz CT molecular complexity index is 685. The second-order valence-electron chi connectivity index (χ2n) is 7.94. The van der Waals surface area contributed by atoms with Crippen LogP contribution in [0, 0.1) is 11.8 Å². The van der Waals surface area contributed by atoms with Gasteiger partial charge in [0, 0.05) is 11.5 Å². The molecule has 0 spiro atoms. The van der Waals surface area contributed by atoms with Gasteiger partial charge in [0.2, 0.25) is 0 Å². The molecule has 0 heterocycles. The fourth-order valence-corrected chi connectivity index (χ4v) is 3.70. The van der Waals surface area contributed by atoms with Gasteiger partial charge in [-0.3, -0.25) is 4.79 Å². The normalized spacial score (nSPS) is 28.1. The van der Waals surface area contributed by atoms with Crippen molar-refractivity contribution in [2.24, 2.45) is 11.8 Å². The highest BCUT2D eigenvalue weighted by atomic mass is 16.5. The summed E-state index contributed by atoms with van der Waals surface area (Å²) >= 11 is 0. The molecule has 0 bridgehead atoms. The fraction of sp³-hybridized carbons (Fsp3) is 0.522. The molecule has 0 amide bonds. The summed E-state index contributed by atoms with van der Waals surface area (Å²) in [6.45, 7) is 8.26. The minimum atomic E-state index is -0.593. The number of rotatable bonds is 5. The average Bonchev–Trinajstić information content (AvgIpc) is 2.59. The van der Waals surface area contributed by atoms with Gasteiger partial charge in [0.15, 0.2) is 5.78 Å². The standard InChI is InChI=1S/C23H32O4/c1-15(2)23-20(25)12-16(3)6-5-7-17(4)13-22(23)27-14-21(26)18-8-10-19(24)11-9-18/h7-12,15,20,22-25H,5-6,13-14H2,1-4H3/b16-12+,17-7-/t20-,22-,23-/m1/s1. The summed E-state index contributed by atoms with van der Waals surface area (Å²) in [5.74, 6) is 0.127. The number of ether oxygens (including phenoxy) is 1. The van der Waals surface area contributed by atoms with E-state index in [9.17, 15) is 15.0 Å². The first-order valence-corrected chi connectivity index (χ1v) is 9.72. The van der Waals surface area contributed by atoms with Crippen molar-refractivity contribution >= 4 is 5.78 Å². The molecule has 1 aliphatic carbocycles. The van der Waals surface area contributed by atoms with E-state index in [0.29, 0.717) is 12.0 Å². The number of carbonyl (C=O) groups excluding carboxylic acids is 1. The van der Waals surface area contributed by atoms with Crippen molar-refractivity contribution in [2.75, 3.05) is 6.61 Å². The molecule has 2 N–H and O–H groups in total. The molecule has 1 aromatic rings. The number of hydrogen-bond donors (Lipinski definition) is 2. The van der Waals surface area contributed by atoms with E-state index in [1.54, 1.807) is 12.1 Å². The lowest BCUT2D eigenvalue weighted by atomic mass is 9.81. The number of aliphatic hydroxyl groups excluding tert-OH is 1. The van der Waals surface area contributed by atoms with Crippen LogP contribution < -0.4 is 0 Å². The number of carbonyl (C=O) groups is 1. The number of Topliss-reactive ketones (excluding diaryl/α,β-unsaturated/α-hetero) is 1. The summed E-state index contributed by atoms with van der Waals surface area (Å²) in [4.78, 5) is 12.5. The summed E-state index contributed by atoms with van der Waals surface area (Å²) in [5, 5.41) is 20.2. The molecule has 1 aliphatic rings. The van der Waals surface area contributed by atoms with Crippen molar-refractivity contribution in [2.45, 2.75) is 59.2 Å². The number of hydrogen-bond acceptors (Lipinski definition) is 4. The van der Waals surface area contributed by atoms with Crippen LogP contribution >= 0.6 is 0 Å². The van der Waals surface area contributed by atoms with Gasteiger partial charge < -0.3 is 14.9 Å². The minimum Gasteiger partial charge on any atom is -0.508 e. The monoisotopic (exact) mass is 372 g/mol. The van der Waals surface area contributed by atoms with Crippen LogP contribution in [0.25, 0.3) is 0 Å². The second-order valence-corrected chi connectivity index (χ2v) is 7.94. The SMILES string of the molecule is C/C1=C/CC/C(C)=C/[C@@H](O)[C@@H](C(C)C)[C@H](OCC(=O)c2ccc(O)cc2)C1. The smallest absolute Gasteiger partial charge is 0.188 e. The largest absolute Gasteiger partial charge is 0.508 e. The number of allylic oxidation sites excluding steroid dienone is 2. The number of benzene rings is 1. The third-order valence-corrected chi connectivity index (χ3v) is 5.22. The highest BCUT2D eigenvalue weighted by molar-refractivity contribution is 5.97. The zero-order chi connectivity index (χ0) is 20.0. The molecule has 1 aromatic carbocycles. The highest BCUT2D eigenvalue weighted by Crippen LogP contribution is 2.30. The van der Waals surface area contributed by atoms with E-state index in [-0.39, 0.29) is 36.1 Å². The van der Waals surface area contributed by atoms with Crippen LogP contribution in [-0.4, -0.2) is 34.8 Å². The van der Waals surface area contributed by atoms with Crippen molar-refractivity contribution in [3.8, 4) is 5.75 Å². The first-order valence-electron chi connectivity index (χ1n) is 9.72. The Labute approximate surface area is 162 Å². The minimum absolute atomic E-state index is 0.0403. The lowest BCUT2D eigenvalue weighted by molar-refractivity contribution is -0.0348. The van der Waals surface area contributed by atoms with Crippen molar-refractivity contribution in [1.82, 2.24) is 0 Å². The predicted octanol–water partition coefficient (Wildman–Crippen LogP) is 4.67. The molecule has 148 valence electrons. The maximum absolute atomic E-state index is 12.5. The van der Waals surface area contributed by atoms with Gasteiger partial charge in [0.25, 0.3) is 0 Å². The zero-order valence-corrected chi connectivity index (χ0v) is 16.8. The van der Waals surface area contributed by atoms with Crippen molar-refractivity contribution in [1.29, 1.82) is 0 Å². The Balaban J connectivity index is 2.18. The molecule has 0 unspecified atom stereocenters. The third kappa shape index (κ3) is 6.33. The number of aromatic hydroxyl groups is 1. The van der Waals surface area contributed by atoms with Crippen LogP contribution in [0.5, 0.6) is 5.75 Å². The maximum Gasteiger partial charge on any atom is 0.188 e. The summed E-state index contributed by atoms with van der Waals surface area (Å²) in [6.07, 6.45) is 5.94. The molecular weight excluding hydrogens is 340 g/mol. The molecular formula is C23H32O4. The van der Waals surface area contributed by atoms with Crippen molar-refractivity contribution in [3.05, 3.63) is 53.1 Å². The predicted molar refractivity (Wildman–Crippen MR) is 108 cm³/mol. The fourth-order valence-electron chi connectivity index (χ4n) is 3.70. The number of phenols is 1.